The first kappa shape index (κ1) is 12.0. The van der Waals surface area contributed by atoms with E-state index in [1.54, 1.807) is 6.07 Å². The van der Waals surface area contributed by atoms with Gasteiger partial charge in [0.25, 0.3) is 0 Å². The van der Waals surface area contributed by atoms with Gasteiger partial charge in [-0.05, 0) is 33.4 Å². The minimum absolute atomic E-state index is 0.328. The third-order valence-electron chi connectivity index (χ3n) is 3.98. The highest BCUT2D eigenvalue weighted by Gasteiger charge is 2.09. The Morgan fingerprint density at radius 1 is 0.476 bits per heavy atom. The Kier molecular flexibility index (Phi) is 2.65. The van der Waals surface area contributed by atoms with Crippen LogP contribution in [-0.4, -0.2) is 5.11 Å². The number of rotatable bonds is 1. The molecule has 4 aromatic rings. The quantitative estimate of drug-likeness (QED) is 0.493. The lowest BCUT2D eigenvalue weighted by Gasteiger charge is -2.11. The van der Waals surface area contributed by atoms with E-state index in [4.69, 9.17) is 0 Å². The predicted molar refractivity (Wildman–Crippen MR) is 88.6 cm³/mol. The van der Waals surface area contributed by atoms with Crippen LogP contribution in [0.25, 0.3) is 32.7 Å². The van der Waals surface area contributed by atoms with E-state index in [0.29, 0.717) is 5.75 Å². The molecule has 0 spiro atoms. The van der Waals surface area contributed by atoms with Gasteiger partial charge >= 0.3 is 0 Å². The summed E-state index contributed by atoms with van der Waals surface area (Å²) in [5.74, 6) is 0.328. The van der Waals surface area contributed by atoms with Gasteiger partial charge in [-0.1, -0.05) is 72.8 Å². The molecule has 0 saturated heterocycles. The molecule has 1 N–H and O–H groups in total. The van der Waals surface area contributed by atoms with E-state index in [0.717, 1.165) is 16.3 Å². The van der Waals surface area contributed by atoms with Gasteiger partial charge in [-0.25, -0.2) is 0 Å². The summed E-state index contributed by atoms with van der Waals surface area (Å²) in [7, 11) is 0. The van der Waals surface area contributed by atoms with E-state index in [1.807, 2.05) is 24.3 Å². The smallest absolute Gasteiger partial charge is 0.123 e. The van der Waals surface area contributed by atoms with E-state index in [1.165, 1.54) is 16.3 Å². The molecular formula is C20H14O. The first-order chi connectivity index (χ1) is 10.3. The van der Waals surface area contributed by atoms with E-state index < -0.39 is 0 Å². The molecule has 0 bridgehead atoms. The van der Waals surface area contributed by atoms with Gasteiger partial charge in [0.1, 0.15) is 5.75 Å². The Morgan fingerprint density at radius 2 is 1.10 bits per heavy atom. The minimum Gasteiger partial charge on any atom is -0.507 e. The Morgan fingerprint density at radius 3 is 1.95 bits per heavy atom. The van der Waals surface area contributed by atoms with Crippen molar-refractivity contribution < 1.29 is 5.11 Å². The fourth-order valence-electron chi connectivity index (χ4n) is 2.98. The Bertz CT molecular complexity index is 949. The summed E-state index contributed by atoms with van der Waals surface area (Å²) in [5, 5.41) is 14.5. The molecule has 0 fully saturated rings. The fraction of sp³-hybridized carbons (Fsp3) is 0. The molecule has 0 amide bonds. The number of fused-ring (bicyclic) bond motifs is 2. The number of benzene rings is 4. The first-order valence-electron chi connectivity index (χ1n) is 7.03. The monoisotopic (exact) mass is 270 g/mol. The van der Waals surface area contributed by atoms with Crippen LogP contribution in [0.1, 0.15) is 0 Å². The zero-order chi connectivity index (χ0) is 14.2. The van der Waals surface area contributed by atoms with Gasteiger partial charge in [0.05, 0.1) is 0 Å². The van der Waals surface area contributed by atoms with Crippen LogP contribution in [-0.2, 0) is 0 Å². The van der Waals surface area contributed by atoms with Crippen LogP contribution in [0, 0.1) is 0 Å². The Balaban J connectivity index is 2.13. The molecule has 21 heavy (non-hydrogen) atoms. The highest BCUT2D eigenvalue weighted by atomic mass is 16.3. The second-order valence-electron chi connectivity index (χ2n) is 5.20. The molecule has 0 aliphatic carbocycles. The van der Waals surface area contributed by atoms with E-state index in [-0.39, 0.29) is 0 Å². The predicted octanol–water partition coefficient (Wildman–Crippen LogP) is 5.37. The normalized spacial score (nSPS) is 11.0. The van der Waals surface area contributed by atoms with Gasteiger partial charge in [-0.15, -0.1) is 0 Å². The zero-order valence-corrected chi connectivity index (χ0v) is 11.5. The molecule has 4 rings (SSSR count). The largest absolute Gasteiger partial charge is 0.507 e. The Hall–Kier alpha value is -2.80. The van der Waals surface area contributed by atoms with Crippen LogP contribution in [0.5, 0.6) is 5.75 Å². The summed E-state index contributed by atoms with van der Waals surface area (Å²) in [4.78, 5) is 0. The van der Waals surface area contributed by atoms with Crippen LogP contribution >= 0.6 is 0 Å². The first-order valence-corrected chi connectivity index (χ1v) is 7.03. The number of hydrogen-bond acceptors (Lipinski definition) is 1. The van der Waals surface area contributed by atoms with E-state index >= 15 is 0 Å². The molecule has 100 valence electrons. The SMILES string of the molecule is Oc1ccc(-c2cccc3ccccc23)c2ccccc12. The number of aromatic hydroxyl groups is 1. The molecule has 0 heterocycles. The molecule has 0 atom stereocenters. The van der Waals surface area contributed by atoms with Gasteiger partial charge in [0, 0.05) is 5.39 Å². The van der Waals surface area contributed by atoms with Crippen molar-refractivity contribution in [2.24, 2.45) is 0 Å². The van der Waals surface area contributed by atoms with E-state index in [2.05, 4.69) is 48.5 Å². The van der Waals surface area contributed by atoms with Crippen molar-refractivity contribution in [3.05, 3.63) is 78.9 Å². The lowest BCUT2D eigenvalue weighted by atomic mass is 9.94. The van der Waals surface area contributed by atoms with Crippen molar-refractivity contribution in [1.29, 1.82) is 0 Å². The molecule has 4 aromatic carbocycles. The van der Waals surface area contributed by atoms with Gasteiger partial charge in [-0.2, -0.15) is 0 Å². The van der Waals surface area contributed by atoms with Crippen LogP contribution in [0.3, 0.4) is 0 Å². The lowest BCUT2D eigenvalue weighted by Crippen LogP contribution is -1.84. The van der Waals surface area contributed by atoms with Crippen LogP contribution in [0.15, 0.2) is 78.9 Å². The summed E-state index contributed by atoms with van der Waals surface area (Å²) in [6.07, 6.45) is 0. The van der Waals surface area contributed by atoms with Gasteiger partial charge in [0.2, 0.25) is 0 Å². The molecular weight excluding hydrogens is 256 g/mol. The number of hydrogen-bond donors (Lipinski definition) is 1. The second kappa shape index (κ2) is 4.64. The molecule has 0 saturated carbocycles. The molecule has 0 aliphatic rings. The minimum atomic E-state index is 0.328. The zero-order valence-electron chi connectivity index (χ0n) is 11.5. The van der Waals surface area contributed by atoms with Crippen LogP contribution in [0.4, 0.5) is 0 Å². The molecule has 1 nitrogen and oxygen atoms in total. The van der Waals surface area contributed by atoms with Gasteiger partial charge in [0.15, 0.2) is 0 Å². The molecule has 0 radical (unpaired) electrons. The van der Waals surface area contributed by atoms with Crippen molar-refractivity contribution in [1.82, 2.24) is 0 Å². The maximum Gasteiger partial charge on any atom is 0.123 e. The third kappa shape index (κ3) is 1.86. The summed E-state index contributed by atoms with van der Waals surface area (Å²) in [5.41, 5.74) is 2.35. The lowest BCUT2D eigenvalue weighted by molar-refractivity contribution is 0.481. The molecule has 1 heteroatoms. The summed E-state index contributed by atoms with van der Waals surface area (Å²) >= 11 is 0. The van der Waals surface area contributed by atoms with Crippen LogP contribution in [0.2, 0.25) is 0 Å². The Labute approximate surface area is 123 Å². The topological polar surface area (TPSA) is 20.2 Å². The number of phenols is 1. The van der Waals surface area contributed by atoms with Crippen molar-refractivity contribution in [3.8, 4) is 16.9 Å². The highest BCUT2D eigenvalue weighted by molar-refractivity contribution is 6.06. The maximum absolute atomic E-state index is 10.1. The standard InChI is InChI=1S/C20H14O/c21-20-13-12-18(17-9-3-4-10-19(17)20)16-11-5-7-14-6-1-2-8-15(14)16/h1-13,21H. The molecule has 0 unspecified atom stereocenters. The number of phenolic OH excluding ortho intramolecular Hbond substituents is 1. The van der Waals surface area contributed by atoms with Gasteiger partial charge < -0.3 is 5.11 Å². The molecule has 0 aliphatic heterocycles. The third-order valence-corrected chi connectivity index (χ3v) is 3.98. The summed E-state index contributed by atoms with van der Waals surface area (Å²) < 4.78 is 0. The van der Waals surface area contributed by atoms with Gasteiger partial charge in [-0.3, -0.25) is 0 Å². The van der Waals surface area contributed by atoms with Crippen LogP contribution < -0.4 is 0 Å². The van der Waals surface area contributed by atoms with Crippen molar-refractivity contribution in [2.75, 3.05) is 0 Å². The average Bonchev–Trinajstić information content (AvgIpc) is 2.55. The summed E-state index contributed by atoms with van der Waals surface area (Å²) in [6.45, 7) is 0. The maximum atomic E-state index is 10.1. The molecule has 0 aromatic heterocycles. The van der Waals surface area contributed by atoms with Crippen molar-refractivity contribution in [2.45, 2.75) is 0 Å². The highest BCUT2D eigenvalue weighted by Crippen LogP contribution is 2.36. The van der Waals surface area contributed by atoms with Crippen molar-refractivity contribution in [3.63, 3.8) is 0 Å². The average molecular weight is 270 g/mol. The van der Waals surface area contributed by atoms with E-state index in [9.17, 15) is 5.11 Å². The summed E-state index contributed by atoms with van der Waals surface area (Å²) in [6, 6.07) is 26.5. The second-order valence-corrected chi connectivity index (χ2v) is 5.20. The van der Waals surface area contributed by atoms with Crippen molar-refractivity contribution >= 4 is 21.5 Å². The fourth-order valence-corrected chi connectivity index (χ4v) is 2.98.